The smallest absolute Gasteiger partial charge is 0.235 e. The van der Waals surface area contributed by atoms with Crippen LogP contribution in [0.5, 0.6) is 0 Å². The predicted octanol–water partition coefficient (Wildman–Crippen LogP) is 4.22. The first kappa shape index (κ1) is 18.9. The Balaban J connectivity index is 1.23. The number of anilines is 3. The van der Waals surface area contributed by atoms with Crippen LogP contribution >= 0.6 is 0 Å². The molecule has 0 saturated heterocycles. The molecule has 2 N–H and O–H groups in total. The molecule has 0 bridgehead atoms. The van der Waals surface area contributed by atoms with Crippen molar-refractivity contribution < 1.29 is 9.18 Å². The van der Waals surface area contributed by atoms with E-state index < -0.39 is 5.41 Å². The summed E-state index contributed by atoms with van der Waals surface area (Å²) in [6, 6.07) is 19.0. The number of aromatic nitrogens is 4. The second-order valence-electron chi connectivity index (χ2n) is 7.47. The first-order chi connectivity index (χ1) is 15.1. The van der Waals surface area contributed by atoms with Crippen molar-refractivity contribution in [1.29, 1.82) is 0 Å². The van der Waals surface area contributed by atoms with Crippen molar-refractivity contribution in [2.24, 2.45) is 0 Å². The summed E-state index contributed by atoms with van der Waals surface area (Å²) < 4.78 is 14.8. The van der Waals surface area contributed by atoms with Crippen LogP contribution in [-0.4, -0.2) is 25.9 Å². The van der Waals surface area contributed by atoms with Gasteiger partial charge < -0.3 is 10.6 Å². The third-order valence-corrected chi connectivity index (χ3v) is 5.39. The molecule has 0 spiro atoms. The lowest BCUT2D eigenvalue weighted by atomic mass is 9.95. The van der Waals surface area contributed by atoms with E-state index in [1.165, 1.54) is 12.1 Å². The van der Waals surface area contributed by atoms with Gasteiger partial charge in [-0.15, -0.1) is 10.2 Å². The Morgan fingerprint density at radius 3 is 2.29 bits per heavy atom. The first-order valence-corrected chi connectivity index (χ1v) is 9.91. The van der Waals surface area contributed by atoms with E-state index in [9.17, 15) is 9.18 Å². The maximum atomic E-state index is 13.2. The van der Waals surface area contributed by atoms with E-state index in [0.717, 1.165) is 24.1 Å². The van der Waals surface area contributed by atoms with Crippen molar-refractivity contribution >= 4 is 23.1 Å². The van der Waals surface area contributed by atoms with Gasteiger partial charge in [-0.2, -0.15) is 5.10 Å². The summed E-state index contributed by atoms with van der Waals surface area (Å²) in [7, 11) is 0. The van der Waals surface area contributed by atoms with Gasteiger partial charge in [0, 0.05) is 23.8 Å². The summed E-state index contributed by atoms with van der Waals surface area (Å²) in [6.07, 6.45) is 5.00. The zero-order valence-electron chi connectivity index (χ0n) is 16.5. The third kappa shape index (κ3) is 3.87. The Hall–Kier alpha value is -4.07. The third-order valence-electron chi connectivity index (χ3n) is 5.39. The molecular weight excluding hydrogens is 395 g/mol. The zero-order valence-corrected chi connectivity index (χ0v) is 16.5. The van der Waals surface area contributed by atoms with Gasteiger partial charge in [0.2, 0.25) is 5.91 Å². The topological polar surface area (TPSA) is 84.7 Å². The molecule has 1 amide bonds. The lowest BCUT2D eigenvalue weighted by molar-refractivity contribution is -0.118. The van der Waals surface area contributed by atoms with E-state index in [4.69, 9.17) is 0 Å². The van der Waals surface area contributed by atoms with Crippen LogP contribution in [-0.2, 0) is 10.2 Å². The highest BCUT2D eigenvalue weighted by Gasteiger charge is 2.51. The second kappa shape index (κ2) is 7.64. The van der Waals surface area contributed by atoms with Gasteiger partial charge in [-0.05, 0) is 73.0 Å². The average Bonchev–Trinajstić information content (AvgIpc) is 3.42. The normalized spacial score (nSPS) is 14.1. The lowest BCUT2D eigenvalue weighted by Gasteiger charge is -2.16. The molecule has 0 aliphatic heterocycles. The van der Waals surface area contributed by atoms with Crippen molar-refractivity contribution in [2.45, 2.75) is 18.3 Å². The van der Waals surface area contributed by atoms with Gasteiger partial charge in [-0.1, -0.05) is 12.1 Å². The second-order valence-corrected chi connectivity index (χ2v) is 7.47. The van der Waals surface area contributed by atoms with E-state index in [-0.39, 0.29) is 11.7 Å². The molecule has 0 radical (unpaired) electrons. The fourth-order valence-corrected chi connectivity index (χ4v) is 3.49. The van der Waals surface area contributed by atoms with E-state index >= 15 is 0 Å². The molecular formula is C23H19FN6O. The van der Waals surface area contributed by atoms with Crippen LogP contribution in [0.25, 0.3) is 5.82 Å². The SMILES string of the molecule is O=C(Nc1ccc(Nc2ccc(-n3cccn3)nn2)cc1)C1(c2ccc(F)cc2)CC1. The molecule has 0 unspecified atom stereocenters. The fourth-order valence-electron chi connectivity index (χ4n) is 3.49. The monoisotopic (exact) mass is 414 g/mol. The van der Waals surface area contributed by atoms with Crippen LogP contribution in [0.15, 0.2) is 79.1 Å². The van der Waals surface area contributed by atoms with Crippen LogP contribution in [0.4, 0.5) is 21.6 Å². The Kier molecular flexibility index (Phi) is 4.66. The number of amides is 1. The van der Waals surface area contributed by atoms with Crippen molar-refractivity contribution in [3.63, 3.8) is 0 Å². The summed E-state index contributed by atoms with van der Waals surface area (Å²) in [5.74, 6) is 0.855. The van der Waals surface area contributed by atoms with Crippen LogP contribution < -0.4 is 10.6 Å². The molecule has 1 fully saturated rings. The van der Waals surface area contributed by atoms with Gasteiger partial charge >= 0.3 is 0 Å². The number of nitrogens with one attached hydrogen (secondary N) is 2. The average molecular weight is 414 g/mol. The molecule has 4 aromatic rings. The number of benzene rings is 2. The van der Waals surface area contributed by atoms with Crippen molar-refractivity contribution in [1.82, 2.24) is 20.0 Å². The molecule has 2 aromatic carbocycles. The van der Waals surface area contributed by atoms with E-state index in [1.807, 2.05) is 42.5 Å². The highest BCUT2D eigenvalue weighted by Crippen LogP contribution is 2.49. The van der Waals surface area contributed by atoms with Gasteiger partial charge in [-0.25, -0.2) is 9.07 Å². The van der Waals surface area contributed by atoms with Crippen molar-refractivity contribution in [3.05, 3.63) is 90.5 Å². The minimum absolute atomic E-state index is 0.0695. The highest BCUT2D eigenvalue weighted by molar-refractivity contribution is 6.01. The van der Waals surface area contributed by atoms with Crippen LogP contribution in [0, 0.1) is 5.82 Å². The van der Waals surface area contributed by atoms with Gasteiger partial charge in [0.15, 0.2) is 11.6 Å². The number of nitrogens with zero attached hydrogens (tertiary/aromatic N) is 4. The number of hydrogen-bond acceptors (Lipinski definition) is 5. The van der Waals surface area contributed by atoms with Gasteiger partial charge in [0.25, 0.3) is 0 Å². The fraction of sp³-hybridized carbons (Fsp3) is 0.130. The van der Waals surface area contributed by atoms with Crippen LogP contribution in [0.3, 0.4) is 0 Å². The molecule has 154 valence electrons. The molecule has 1 saturated carbocycles. The van der Waals surface area contributed by atoms with Crippen molar-refractivity contribution in [2.75, 3.05) is 10.6 Å². The van der Waals surface area contributed by atoms with Gasteiger partial charge in [0.1, 0.15) is 5.82 Å². The maximum Gasteiger partial charge on any atom is 0.235 e. The minimum Gasteiger partial charge on any atom is -0.339 e. The minimum atomic E-state index is -0.559. The zero-order chi connectivity index (χ0) is 21.3. The van der Waals surface area contributed by atoms with Gasteiger partial charge in [0.05, 0.1) is 5.41 Å². The largest absolute Gasteiger partial charge is 0.339 e. The molecule has 1 aliphatic rings. The molecule has 7 nitrogen and oxygen atoms in total. The van der Waals surface area contributed by atoms with Crippen LogP contribution in [0.1, 0.15) is 18.4 Å². The Bertz CT molecular complexity index is 1180. The molecule has 0 atom stereocenters. The Morgan fingerprint density at radius 1 is 0.935 bits per heavy atom. The van der Waals surface area contributed by atoms with E-state index in [2.05, 4.69) is 25.9 Å². The molecule has 2 aromatic heterocycles. The Morgan fingerprint density at radius 2 is 1.68 bits per heavy atom. The number of halogens is 1. The van der Waals surface area contributed by atoms with Crippen molar-refractivity contribution in [3.8, 4) is 5.82 Å². The standard InChI is InChI=1S/C23H19FN6O/c24-17-4-2-16(3-5-17)23(12-13-23)22(31)27-19-8-6-18(7-9-19)26-20-10-11-21(29-28-20)30-15-1-14-25-30/h1-11,14-15H,12-13H2,(H,26,28)(H,27,31). The summed E-state index contributed by atoms with van der Waals surface area (Å²) >= 11 is 0. The summed E-state index contributed by atoms with van der Waals surface area (Å²) in [4.78, 5) is 12.8. The molecule has 1 aliphatic carbocycles. The predicted molar refractivity (Wildman–Crippen MR) is 115 cm³/mol. The first-order valence-electron chi connectivity index (χ1n) is 9.91. The van der Waals surface area contributed by atoms with E-state index in [0.29, 0.717) is 17.3 Å². The molecule has 8 heteroatoms. The molecule has 31 heavy (non-hydrogen) atoms. The highest BCUT2D eigenvalue weighted by atomic mass is 19.1. The maximum absolute atomic E-state index is 13.2. The Labute approximate surface area is 177 Å². The summed E-state index contributed by atoms with van der Waals surface area (Å²) in [6.45, 7) is 0. The van der Waals surface area contributed by atoms with E-state index in [1.54, 1.807) is 29.2 Å². The molecule has 5 rings (SSSR count). The number of carbonyl (C=O) groups excluding carboxylic acids is 1. The molecule has 2 heterocycles. The number of carbonyl (C=O) groups is 1. The lowest BCUT2D eigenvalue weighted by Crippen LogP contribution is -2.27. The van der Waals surface area contributed by atoms with Crippen LogP contribution in [0.2, 0.25) is 0 Å². The number of hydrogen-bond donors (Lipinski definition) is 2. The van der Waals surface area contributed by atoms with Gasteiger partial charge in [-0.3, -0.25) is 4.79 Å². The quantitative estimate of drug-likeness (QED) is 0.494. The number of rotatable bonds is 6. The summed E-state index contributed by atoms with van der Waals surface area (Å²) in [5.41, 5.74) is 1.81. The summed E-state index contributed by atoms with van der Waals surface area (Å²) in [5, 5.41) is 18.6.